The molecular weight excluding hydrogens is 352 g/mol. The van der Waals surface area contributed by atoms with Crippen LogP contribution in [0.2, 0.25) is 0 Å². The van der Waals surface area contributed by atoms with E-state index in [1.54, 1.807) is 11.9 Å². The number of rotatable bonds is 5. The fourth-order valence-electron chi connectivity index (χ4n) is 4.32. The molecule has 1 saturated carbocycles. The maximum atomic E-state index is 12.5. The first-order chi connectivity index (χ1) is 13.2. The molecule has 0 N–H and O–H groups in total. The van der Waals surface area contributed by atoms with Crippen molar-refractivity contribution < 1.29 is 14.4 Å². The molecule has 0 spiro atoms. The van der Waals surface area contributed by atoms with Crippen LogP contribution in [0.15, 0.2) is 24.3 Å². The summed E-state index contributed by atoms with van der Waals surface area (Å²) < 4.78 is 0. The summed E-state index contributed by atoms with van der Waals surface area (Å²) >= 11 is 0. The molecule has 152 valence electrons. The highest BCUT2D eigenvalue weighted by atomic mass is 16.2. The largest absolute Gasteiger partial charge is 0.341 e. The van der Waals surface area contributed by atoms with Crippen LogP contribution in [0, 0.1) is 11.8 Å². The minimum absolute atomic E-state index is 0.0460. The first kappa shape index (κ1) is 20.6. The molecule has 5 heteroatoms. The second-order valence-corrected chi connectivity index (χ2v) is 9.27. The number of fused-ring (bicyclic) bond motifs is 1. The third kappa shape index (κ3) is 4.29. The van der Waals surface area contributed by atoms with Gasteiger partial charge in [0.2, 0.25) is 17.7 Å². The lowest BCUT2D eigenvalue weighted by Gasteiger charge is -2.21. The maximum absolute atomic E-state index is 12.5. The summed E-state index contributed by atoms with van der Waals surface area (Å²) in [7, 11) is 1.77. The van der Waals surface area contributed by atoms with E-state index >= 15 is 0 Å². The van der Waals surface area contributed by atoms with Gasteiger partial charge in [0.15, 0.2) is 0 Å². The van der Waals surface area contributed by atoms with Gasteiger partial charge in [-0.05, 0) is 29.4 Å². The van der Waals surface area contributed by atoms with Crippen molar-refractivity contribution in [2.24, 2.45) is 11.8 Å². The minimum Gasteiger partial charge on any atom is -0.341 e. The molecule has 1 aliphatic carbocycles. The van der Waals surface area contributed by atoms with Gasteiger partial charge in [-0.2, -0.15) is 0 Å². The predicted octanol–water partition coefficient (Wildman–Crippen LogP) is 3.51. The molecule has 1 aliphatic heterocycles. The molecule has 3 amide bonds. The Morgan fingerprint density at radius 1 is 1.04 bits per heavy atom. The fraction of sp³-hybridized carbons (Fsp3) is 0.609. The van der Waals surface area contributed by atoms with Crippen LogP contribution >= 0.6 is 0 Å². The van der Waals surface area contributed by atoms with Crippen LogP contribution in [-0.2, 0) is 26.3 Å². The number of hydrogen-bond acceptors (Lipinski definition) is 3. The number of benzene rings is 1. The Labute approximate surface area is 168 Å². The van der Waals surface area contributed by atoms with Gasteiger partial charge in [0.25, 0.3) is 0 Å². The molecule has 2 fully saturated rings. The van der Waals surface area contributed by atoms with E-state index in [1.807, 2.05) is 0 Å². The van der Waals surface area contributed by atoms with Gasteiger partial charge in [0, 0.05) is 26.6 Å². The van der Waals surface area contributed by atoms with Crippen LogP contribution in [0.3, 0.4) is 0 Å². The topological polar surface area (TPSA) is 57.7 Å². The summed E-state index contributed by atoms with van der Waals surface area (Å²) in [4.78, 5) is 40.6. The summed E-state index contributed by atoms with van der Waals surface area (Å²) in [6.07, 6.45) is 3.84. The molecule has 1 saturated heterocycles. The number of carbonyl (C=O) groups excluding carboxylic acids is 3. The maximum Gasteiger partial charge on any atom is 0.233 e. The smallest absolute Gasteiger partial charge is 0.233 e. The van der Waals surface area contributed by atoms with Gasteiger partial charge in [0.1, 0.15) is 0 Å². The average Bonchev–Trinajstić information content (AvgIpc) is 2.90. The molecule has 0 aromatic heterocycles. The van der Waals surface area contributed by atoms with E-state index in [1.165, 1.54) is 10.5 Å². The van der Waals surface area contributed by atoms with Crippen molar-refractivity contribution >= 4 is 17.7 Å². The third-order valence-corrected chi connectivity index (χ3v) is 6.15. The Bertz CT molecular complexity index is 724. The summed E-state index contributed by atoms with van der Waals surface area (Å²) in [6, 6.07) is 8.33. The Morgan fingerprint density at radius 3 is 2.07 bits per heavy atom. The zero-order valence-corrected chi connectivity index (χ0v) is 17.5. The highest BCUT2D eigenvalue weighted by Crippen LogP contribution is 2.38. The molecule has 1 aromatic carbocycles. The first-order valence-corrected chi connectivity index (χ1v) is 10.4. The van der Waals surface area contributed by atoms with Crippen molar-refractivity contribution in [3.05, 3.63) is 35.4 Å². The number of likely N-dealkylation sites (tertiary alicyclic amines) is 1. The summed E-state index contributed by atoms with van der Waals surface area (Å²) in [5.41, 5.74) is 2.44. The van der Waals surface area contributed by atoms with Crippen molar-refractivity contribution in [3.8, 4) is 0 Å². The molecule has 2 atom stereocenters. The van der Waals surface area contributed by atoms with Gasteiger partial charge in [-0.15, -0.1) is 0 Å². The Hall–Kier alpha value is -2.17. The SMILES string of the molecule is CN(Cc1ccc(C(C)(C)C)cc1)C(=O)CCN1C(=O)C2CCCCC2C1=O. The van der Waals surface area contributed by atoms with Crippen LogP contribution < -0.4 is 0 Å². The van der Waals surface area contributed by atoms with Crippen molar-refractivity contribution in [2.45, 2.75) is 64.8 Å². The lowest BCUT2D eigenvalue weighted by Crippen LogP contribution is -2.36. The van der Waals surface area contributed by atoms with E-state index in [2.05, 4.69) is 45.0 Å². The average molecular weight is 385 g/mol. The van der Waals surface area contributed by atoms with Gasteiger partial charge in [-0.1, -0.05) is 57.9 Å². The number of carbonyl (C=O) groups is 3. The molecule has 2 unspecified atom stereocenters. The second kappa shape index (κ2) is 8.06. The Morgan fingerprint density at radius 2 is 1.57 bits per heavy atom. The Kier molecular flexibility index (Phi) is 5.92. The number of imide groups is 1. The Balaban J connectivity index is 1.53. The highest BCUT2D eigenvalue weighted by Gasteiger charge is 2.47. The fourth-order valence-corrected chi connectivity index (χ4v) is 4.32. The van der Waals surface area contributed by atoms with Gasteiger partial charge < -0.3 is 4.90 Å². The molecule has 2 aliphatic rings. The van der Waals surface area contributed by atoms with Gasteiger partial charge in [-0.3, -0.25) is 19.3 Å². The first-order valence-electron chi connectivity index (χ1n) is 10.4. The van der Waals surface area contributed by atoms with E-state index in [0.717, 1.165) is 31.2 Å². The summed E-state index contributed by atoms with van der Waals surface area (Å²) in [6.45, 7) is 7.26. The molecule has 5 nitrogen and oxygen atoms in total. The minimum atomic E-state index is -0.143. The standard InChI is InChI=1S/C23H32N2O3/c1-23(2,3)17-11-9-16(10-12-17)15-24(4)20(26)13-14-25-21(27)18-7-5-6-8-19(18)22(25)28/h9-12,18-19H,5-8,13-15H2,1-4H3. The molecule has 0 bridgehead atoms. The summed E-state index contributed by atoms with van der Waals surface area (Å²) in [5.74, 6) is -0.466. The summed E-state index contributed by atoms with van der Waals surface area (Å²) in [5, 5.41) is 0. The van der Waals surface area contributed by atoms with E-state index in [-0.39, 0.29) is 47.9 Å². The molecule has 1 heterocycles. The molecule has 3 rings (SSSR count). The lowest BCUT2D eigenvalue weighted by atomic mass is 9.81. The van der Waals surface area contributed by atoms with E-state index in [4.69, 9.17) is 0 Å². The van der Waals surface area contributed by atoms with Gasteiger partial charge in [0.05, 0.1) is 11.8 Å². The van der Waals surface area contributed by atoms with Crippen molar-refractivity contribution in [1.29, 1.82) is 0 Å². The molecule has 0 radical (unpaired) electrons. The zero-order valence-electron chi connectivity index (χ0n) is 17.5. The normalized spacial score (nSPS) is 22.4. The van der Waals surface area contributed by atoms with Crippen LogP contribution in [0.5, 0.6) is 0 Å². The molecular formula is C23H32N2O3. The number of nitrogens with zero attached hydrogens (tertiary/aromatic N) is 2. The zero-order chi connectivity index (χ0) is 20.5. The van der Waals surface area contributed by atoms with E-state index in [0.29, 0.717) is 6.54 Å². The predicted molar refractivity (Wildman–Crippen MR) is 108 cm³/mol. The van der Waals surface area contributed by atoms with Crippen molar-refractivity contribution in [2.75, 3.05) is 13.6 Å². The number of amides is 3. The van der Waals surface area contributed by atoms with Crippen LogP contribution in [0.1, 0.15) is 64.0 Å². The second-order valence-electron chi connectivity index (χ2n) is 9.27. The third-order valence-electron chi connectivity index (χ3n) is 6.15. The highest BCUT2D eigenvalue weighted by molar-refractivity contribution is 6.05. The molecule has 1 aromatic rings. The monoisotopic (exact) mass is 384 g/mol. The van der Waals surface area contributed by atoms with Gasteiger partial charge in [-0.25, -0.2) is 0 Å². The van der Waals surface area contributed by atoms with E-state index in [9.17, 15) is 14.4 Å². The van der Waals surface area contributed by atoms with Crippen molar-refractivity contribution in [1.82, 2.24) is 9.80 Å². The quantitative estimate of drug-likeness (QED) is 0.730. The van der Waals surface area contributed by atoms with E-state index < -0.39 is 0 Å². The number of hydrogen-bond donors (Lipinski definition) is 0. The molecule has 28 heavy (non-hydrogen) atoms. The van der Waals surface area contributed by atoms with Crippen LogP contribution in [-0.4, -0.2) is 41.1 Å². The van der Waals surface area contributed by atoms with Crippen LogP contribution in [0.25, 0.3) is 0 Å². The lowest BCUT2D eigenvalue weighted by molar-refractivity contribution is -0.140. The van der Waals surface area contributed by atoms with Gasteiger partial charge >= 0.3 is 0 Å². The van der Waals surface area contributed by atoms with Crippen LogP contribution in [0.4, 0.5) is 0 Å². The van der Waals surface area contributed by atoms with Crippen molar-refractivity contribution in [3.63, 3.8) is 0 Å².